The van der Waals surface area contributed by atoms with Crippen LogP contribution in [0.5, 0.6) is 11.5 Å². The lowest BCUT2D eigenvalue weighted by molar-refractivity contribution is 0.207. The minimum atomic E-state index is -0.581. The number of methoxy groups -OCH3 is 1. The van der Waals surface area contributed by atoms with E-state index in [4.69, 9.17) is 4.74 Å². The van der Waals surface area contributed by atoms with E-state index >= 15 is 0 Å². The lowest BCUT2D eigenvalue weighted by atomic mass is 9.87. The van der Waals surface area contributed by atoms with E-state index in [0.29, 0.717) is 6.42 Å². The Morgan fingerprint density at radius 3 is 2.14 bits per heavy atom. The van der Waals surface area contributed by atoms with E-state index in [1.54, 1.807) is 19.2 Å². The second kappa shape index (κ2) is 6.50. The van der Waals surface area contributed by atoms with Crippen molar-refractivity contribution in [3.8, 4) is 11.5 Å². The fraction of sp³-hybridized carbons (Fsp3) is 0.294. The first kappa shape index (κ1) is 15.2. The van der Waals surface area contributed by atoms with Gasteiger partial charge in [0.2, 0.25) is 0 Å². The predicted molar refractivity (Wildman–Crippen MR) is 83.8 cm³/mol. The van der Waals surface area contributed by atoms with Crippen LogP contribution >= 0.6 is 0 Å². The number of hydrogen-bond acceptors (Lipinski definition) is 4. The zero-order valence-electron chi connectivity index (χ0n) is 12.3. The number of aliphatic hydroxyl groups is 1. The number of nitrogens with one attached hydrogen (secondary N) is 1. The lowest BCUT2D eigenvalue weighted by Gasteiger charge is -2.33. The van der Waals surface area contributed by atoms with Crippen LogP contribution in [-0.4, -0.2) is 23.9 Å². The Hall–Kier alpha value is -2.20. The van der Waals surface area contributed by atoms with E-state index in [-0.39, 0.29) is 12.4 Å². The van der Waals surface area contributed by atoms with Gasteiger partial charge in [0.1, 0.15) is 11.5 Å². The molecule has 0 aliphatic rings. The molecule has 3 N–H and O–H groups in total. The topological polar surface area (TPSA) is 61.7 Å². The lowest BCUT2D eigenvalue weighted by Crippen LogP contribution is -2.38. The van der Waals surface area contributed by atoms with Crippen molar-refractivity contribution in [1.29, 1.82) is 0 Å². The van der Waals surface area contributed by atoms with Crippen molar-refractivity contribution in [3.63, 3.8) is 0 Å². The van der Waals surface area contributed by atoms with Gasteiger partial charge in [-0.3, -0.25) is 0 Å². The molecule has 112 valence electrons. The number of hydrogen-bond donors (Lipinski definition) is 3. The number of anilines is 1. The molecule has 0 saturated carbocycles. The summed E-state index contributed by atoms with van der Waals surface area (Å²) in [4.78, 5) is 0. The highest BCUT2D eigenvalue weighted by Gasteiger charge is 2.29. The van der Waals surface area contributed by atoms with Gasteiger partial charge in [0, 0.05) is 5.69 Å². The van der Waals surface area contributed by atoms with Gasteiger partial charge in [0.25, 0.3) is 0 Å². The van der Waals surface area contributed by atoms with Crippen LogP contribution < -0.4 is 10.1 Å². The van der Waals surface area contributed by atoms with Gasteiger partial charge in [0.05, 0.1) is 19.3 Å². The molecular formula is C17H21NO3. The zero-order valence-corrected chi connectivity index (χ0v) is 12.3. The summed E-state index contributed by atoms with van der Waals surface area (Å²) in [5.74, 6) is 1.00. The molecule has 21 heavy (non-hydrogen) atoms. The van der Waals surface area contributed by atoms with E-state index in [2.05, 4.69) is 5.32 Å². The standard InChI is InChI=1S/C17H21NO3/c1-3-17(12-19,13-4-8-15(20)9-5-13)18-14-6-10-16(21-2)11-7-14/h4-11,18-20H,3,12H2,1-2H3. The summed E-state index contributed by atoms with van der Waals surface area (Å²) in [6.07, 6.45) is 0.709. The van der Waals surface area contributed by atoms with Crippen LogP contribution in [0.25, 0.3) is 0 Å². The third kappa shape index (κ3) is 3.28. The summed E-state index contributed by atoms with van der Waals surface area (Å²) in [5, 5.41) is 22.7. The summed E-state index contributed by atoms with van der Waals surface area (Å²) >= 11 is 0. The zero-order chi connectivity index (χ0) is 15.3. The molecule has 1 unspecified atom stereocenters. The van der Waals surface area contributed by atoms with Crippen molar-refractivity contribution in [2.45, 2.75) is 18.9 Å². The minimum Gasteiger partial charge on any atom is -0.508 e. The maximum absolute atomic E-state index is 9.91. The van der Waals surface area contributed by atoms with Crippen molar-refractivity contribution in [3.05, 3.63) is 54.1 Å². The summed E-state index contributed by atoms with van der Waals surface area (Å²) < 4.78 is 5.14. The summed E-state index contributed by atoms with van der Waals surface area (Å²) in [6.45, 7) is 1.97. The molecule has 0 aromatic heterocycles. The molecule has 0 bridgehead atoms. The Morgan fingerprint density at radius 1 is 1.05 bits per heavy atom. The van der Waals surface area contributed by atoms with Gasteiger partial charge in [-0.15, -0.1) is 0 Å². The number of aromatic hydroxyl groups is 1. The summed E-state index contributed by atoms with van der Waals surface area (Å²) in [6, 6.07) is 14.5. The Kier molecular flexibility index (Phi) is 4.70. The molecule has 0 amide bonds. The maximum atomic E-state index is 9.91. The maximum Gasteiger partial charge on any atom is 0.119 e. The quantitative estimate of drug-likeness (QED) is 0.764. The van der Waals surface area contributed by atoms with Gasteiger partial charge in [-0.05, 0) is 48.4 Å². The number of ether oxygens (including phenoxy) is 1. The molecule has 0 heterocycles. The molecule has 0 aliphatic carbocycles. The van der Waals surface area contributed by atoms with Crippen LogP contribution in [-0.2, 0) is 5.54 Å². The molecule has 0 saturated heterocycles. The van der Waals surface area contributed by atoms with E-state index < -0.39 is 5.54 Å². The number of phenolic OH excluding ortho intramolecular Hbond substituents is 1. The van der Waals surface area contributed by atoms with Gasteiger partial charge in [-0.1, -0.05) is 19.1 Å². The molecule has 4 heteroatoms. The van der Waals surface area contributed by atoms with Crippen LogP contribution in [0.4, 0.5) is 5.69 Å². The van der Waals surface area contributed by atoms with Gasteiger partial charge in [0.15, 0.2) is 0 Å². The largest absolute Gasteiger partial charge is 0.508 e. The Balaban J connectivity index is 2.30. The third-order valence-electron chi connectivity index (χ3n) is 3.77. The second-order valence-electron chi connectivity index (χ2n) is 4.99. The highest BCUT2D eigenvalue weighted by Crippen LogP contribution is 2.31. The average molecular weight is 287 g/mol. The van der Waals surface area contributed by atoms with Crippen LogP contribution in [0.1, 0.15) is 18.9 Å². The van der Waals surface area contributed by atoms with Gasteiger partial charge < -0.3 is 20.3 Å². The van der Waals surface area contributed by atoms with Gasteiger partial charge in [-0.2, -0.15) is 0 Å². The molecule has 0 radical (unpaired) electrons. The third-order valence-corrected chi connectivity index (χ3v) is 3.77. The van der Waals surface area contributed by atoms with E-state index in [9.17, 15) is 10.2 Å². The average Bonchev–Trinajstić information content (AvgIpc) is 2.54. The van der Waals surface area contributed by atoms with E-state index in [1.165, 1.54) is 0 Å². The van der Waals surface area contributed by atoms with Crippen molar-refractivity contribution in [2.75, 3.05) is 19.0 Å². The van der Waals surface area contributed by atoms with Crippen LogP contribution in [0.3, 0.4) is 0 Å². The highest BCUT2D eigenvalue weighted by molar-refractivity contribution is 5.50. The Morgan fingerprint density at radius 2 is 1.67 bits per heavy atom. The van der Waals surface area contributed by atoms with Crippen molar-refractivity contribution < 1.29 is 14.9 Å². The molecular weight excluding hydrogens is 266 g/mol. The SMILES string of the molecule is CCC(CO)(Nc1ccc(OC)cc1)c1ccc(O)cc1. The Bertz CT molecular complexity index is 560. The molecule has 0 fully saturated rings. The van der Waals surface area contributed by atoms with E-state index in [0.717, 1.165) is 17.0 Å². The number of aliphatic hydroxyl groups excluding tert-OH is 1. The molecule has 1 atom stereocenters. The fourth-order valence-electron chi connectivity index (χ4n) is 2.34. The summed E-state index contributed by atoms with van der Waals surface area (Å²) in [5.41, 5.74) is 1.25. The smallest absolute Gasteiger partial charge is 0.119 e. The molecule has 4 nitrogen and oxygen atoms in total. The molecule has 0 aliphatic heterocycles. The van der Waals surface area contributed by atoms with Crippen LogP contribution in [0, 0.1) is 0 Å². The first-order chi connectivity index (χ1) is 10.1. The molecule has 2 aromatic carbocycles. The van der Waals surface area contributed by atoms with Gasteiger partial charge in [-0.25, -0.2) is 0 Å². The van der Waals surface area contributed by atoms with Crippen molar-refractivity contribution in [1.82, 2.24) is 0 Å². The first-order valence-electron chi connectivity index (χ1n) is 6.96. The van der Waals surface area contributed by atoms with Crippen molar-refractivity contribution in [2.24, 2.45) is 0 Å². The fourth-order valence-corrected chi connectivity index (χ4v) is 2.34. The monoisotopic (exact) mass is 287 g/mol. The number of phenols is 1. The minimum absolute atomic E-state index is 0.0414. The van der Waals surface area contributed by atoms with Crippen LogP contribution in [0.2, 0.25) is 0 Å². The highest BCUT2D eigenvalue weighted by atomic mass is 16.5. The van der Waals surface area contributed by atoms with Gasteiger partial charge >= 0.3 is 0 Å². The number of rotatable bonds is 6. The first-order valence-corrected chi connectivity index (χ1v) is 6.96. The number of benzene rings is 2. The van der Waals surface area contributed by atoms with Crippen LogP contribution in [0.15, 0.2) is 48.5 Å². The molecule has 0 spiro atoms. The molecule has 2 rings (SSSR count). The summed E-state index contributed by atoms with van der Waals surface area (Å²) in [7, 11) is 1.63. The Labute approximate surface area is 125 Å². The predicted octanol–water partition coefficient (Wildman–Crippen LogP) is 3.11. The molecule has 2 aromatic rings. The van der Waals surface area contributed by atoms with Crippen molar-refractivity contribution >= 4 is 5.69 Å². The van der Waals surface area contributed by atoms with E-state index in [1.807, 2.05) is 43.3 Å². The second-order valence-corrected chi connectivity index (χ2v) is 4.99. The normalized spacial score (nSPS) is 13.5.